The number of benzene rings is 2. The molecule has 0 aliphatic heterocycles. The molecular weight excluding hydrogens is 342 g/mol. The SMILES string of the molecule is O=C(O)C(=O)Nc1ccc(C#Cc2ccc(C(F)(F)F)cc2F)cc1. The number of anilines is 1. The van der Waals surface area contributed by atoms with Crippen molar-refractivity contribution in [3.05, 3.63) is 65.0 Å². The lowest BCUT2D eigenvalue weighted by molar-refractivity contribution is -0.147. The number of hydrogen-bond acceptors (Lipinski definition) is 2. The van der Waals surface area contributed by atoms with Crippen LogP contribution in [0.25, 0.3) is 0 Å². The van der Waals surface area contributed by atoms with Gasteiger partial charge in [-0.15, -0.1) is 0 Å². The third-order valence-electron chi connectivity index (χ3n) is 2.97. The zero-order valence-corrected chi connectivity index (χ0v) is 12.3. The van der Waals surface area contributed by atoms with Gasteiger partial charge in [-0.25, -0.2) is 9.18 Å². The van der Waals surface area contributed by atoms with Crippen LogP contribution in [-0.2, 0) is 15.8 Å². The van der Waals surface area contributed by atoms with Crippen molar-refractivity contribution < 1.29 is 32.3 Å². The van der Waals surface area contributed by atoms with E-state index in [0.29, 0.717) is 11.6 Å². The average Bonchev–Trinajstić information content (AvgIpc) is 2.54. The Morgan fingerprint density at radius 1 is 1.00 bits per heavy atom. The van der Waals surface area contributed by atoms with Crippen LogP contribution in [0.3, 0.4) is 0 Å². The predicted molar refractivity (Wildman–Crippen MR) is 80.1 cm³/mol. The van der Waals surface area contributed by atoms with E-state index in [1.54, 1.807) is 0 Å². The molecule has 2 aromatic carbocycles. The van der Waals surface area contributed by atoms with Crippen molar-refractivity contribution in [2.24, 2.45) is 0 Å². The molecule has 0 saturated carbocycles. The highest BCUT2D eigenvalue weighted by Gasteiger charge is 2.31. The van der Waals surface area contributed by atoms with Crippen LogP contribution in [0.15, 0.2) is 42.5 Å². The van der Waals surface area contributed by atoms with Crippen LogP contribution in [-0.4, -0.2) is 17.0 Å². The molecule has 0 heterocycles. The molecule has 128 valence electrons. The normalized spacial score (nSPS) is 10.6. The molecule has 4 nitrogen and oxygen atoms in total. The molecule has 0 fully saturated rings. The van der Waals surface area contributed by atoms with E-state index in [4.69, 9.17) is 5.11 Å². The molecule has 0 bridgehead atoms. The van der Waals surface area contributed by atoms with E-state index in [1.165, 1.54) is 24.3 Å². The minimum atomic E-state index is -4.64. The summed E-state index contributed by atoms with van der Waals surface area (Å²) in [6.07, 6.45) is -4.64. The average molecular weight is 351 g/mol. The maximum absolute atomic E-state index is 13.7. The van der Waals surface area contributed by atoms with E-state index >= 15 is 0 Å². The van der Waals surface area contributed by atoms with Crippen molar-refractivity contribution in [1.29, 1.82) is 0 Å². The summed E-state index contributed by atoms with van der Waals surface area (Å²) in [7, 11) is 0. The van der Waals surface area contributed by atoms with Gasteiger partial charge in [0.05, 0.1) is 11.1 Å². The van der Waals surface area contributed by atoms with Gasteiger partial charge in [0.25, 0.3) is 0 Å². The maximum Gasteiger partial charge on any atom is 0.416 e. The van der Waals surface area contributed by atoms with Gasteiger partial charge in [0, 0.05) is 11.3 Å². The monoisotopic (exact) mass is 351 g/mol. The quantitative estimate of drug-likeness (QED) is 0.471. The lowest BCUT2D eigenvalue weighted by Crippen LogP contribution is -2.21. The zero-order chi connectivity index (χ0) is 18.6. The topological polar surface area (TPSA) is 66.4 Å². The molecule has 2 N–H and O–H groups in total. The second-order valence-electron chi connectivity index (χ2n) is 4.78. The molecule has 0 atom stereocenters. The summed E-state index contributed by atoms with van der Waals surface area (Å²) in [5.74, 6) is 1.04. The van der Waals surface area contributed by atoms with Crippen LogP contribution in [0, 0.1) is 17.7 Å². The van der Waals surface area contributed by atoms with Crippen LogP contribution in [0.1, 0.15) is 16.7 Å². The van der Waals surface area contributed by atoms with Crippen molar-refractivity contribution in [3.8, 4) is 11.8 Å². The van der Waals surface area contributed by atoms with Crippen molar-refractivity contribution in [2.75, 3.05) is 5.32 Å². The van der Waals surface area contributed by atoms with Gasteiger partial charge in [-0.3, -0.25) is 4.79 Å². The van der Waals surface area contributed by atoms with Gasteiger partial charge >= 0.3 is 18.1 Å². The first-order valence-corrected chi connectivity index (χ1v) is 6.70. The molecule has 0 radical (unpaired) electrons. The first-order chi connectivity index (χ1) is 11.7. The number of aliphatic carboxylic acids is 1. The molecule has 0 unspecified atom stereocenters. The van der Waals surface area contributed by atoms with Crippen LogP contribution < -0.4 is 5.32 Å². The number of carbonyl (C=O) groups is 2. The van der Waals surface area contributed by atoms with Crippen molar-refractivity contribution in [3.63, 3.8) is 0 Å². The van der Waals surface area contributed by atoms with E-state index in [-0.39, 0.29) is 11.3 Å². The standard InChI is InChI=1S/C17H9F4NO3/c18-14-9-12(17(19,20)21)6-5-11(14)4-1-10-2-7-13(8-3-10)22-15(23)16(24)25/h2-3,5-9H,(H,22,23)(H,24,25). The van der Waals surface area contributed by atoms with Gasteiger partial charge < -0.3 is 10.4 Å². The van der Waals surface area contributed by atoms with Crippen LogP contribution >= 0.6 is 0 Å². The van der Waals surface area contributed by atoms with Gasteiger partial charge in [-0.1, -0.05) is 11.8 Å². The Labute approximate surface area is 139 Å². The second kappa shape index (κ2) is 7.05. The van der Waals surface area contributed by atoms with E-state index < -0.39 is 29.4 Å². The molecule has 2 rings (SSSR count). The number of carboxylic acid groups (broad SMARTS) is 1. The Morgan fingerprint density at radius 2 is 1.64 bits per heavy atom. The molecule has 25 heavy (non-hydrogen) atoms. The highest BCUT2D eigenvalue weighted by Crippen LogP contribution is 2.30. The predicted octanol–water partition coefficient (Wildman–Crippen LogP) is 3.27. The molecule has 0 spiro atoms. The highest BCUT2D eigenvalue weighted by molar-refractivity contribution is 6.36. The van der Waals surface area contributed by atoms with Crippen molar-refractivity contribution in [1.82, 2.24) is 0 Å². The van der Waals surface area contributed by atoms with E-state index in [1.807, 2.05) is 0 Å². The van der Waals surface area contributed by atoms with Gasteiger partial charge in [0.15, 0.2) is 0 Å². The van der Waals surface area contributed by atoms with E-state index in [0.717, 1.165) is 12.1 Å². The fourth-order valence-electron chi connectivity index (χ4n) is 1.75. The number of nitrogens with one attached hydrogen (secondary N) is 1. The van der Waals surface area contributed by atoms with Crippen molar-refractivity contribution >= 4 is 17.6 Å². The number of carboxylic acids is 1. The molecule has 0 aliphatic carbocycles. The van der Waals surface area contributed by atoms with E-state index in [2.05, 4.69) is 17.2 Å². The molecule has 1 amide bonds. The van der Waals surface area contributed by atoms with Gasteiger partial charge in [-0.2, -0.15) is 13.2 Å². The summed E-state index contributed by atoms with van der Waals surface area (Å²) < 4.78 is 51.0. The summed E-state index contributed by atoms with van der Waals surface area (Å²) in [5.41, 5.74) is -0.684. The van der Waals surface area contributed by atoms with Gasteiger partial charge in [0.2, 0.25) is 0 Å². The number of amides is 1. The summed E-state index contributed by atoms with van der Waals surface area (Å²) in [6.45, 7) is 0. The molecular formula is C17H9F4NO3. The zero-order valence-electron chi connectivity index (χ0n) is 12.3. The number of rotatable bonds is 1. The summed E-state index contributed by atoms with van der Waals surface area (Å²) in [6, 6.07) is 7.68. The molecule has 0 saturated heterocycles. The third-order valence-corrected chi connectivity index (χ3v) is 2.97. The molecule has 8 heteroatoms. The highest BCUT2D eigenvalue weighted by atomic mass is 19.4. The van der Waals surface area contributed by atoms with Gasteiger partial charge in [-0.05, 0) is 42.5 Å². The Kier molecular flexibility index (Phi) is 5.08. The number of halogens is 4. The summed E-state index contributed by atoms with van der Waals surface area (Å²) in [5, 5.41) is 10.6. The Morgan fingerprint density at radius 3 is 2.16 bits per heavy atom. The minimum absolute atomic E-state index is 0.198. The van der Waals surface area contributed by atoms with Gasteiger partial charge in [0.1, 0.15) is 5.82 Å². The Bertz CT molecular complexity index is 877. The maximum atomic E-state index is 13.7. The van der Waals surface area contributed by atoms with Crippen molar-refractivity contribution in [2.45, 2.75) is 6.18 Å². The lowest BCUT2D eigenvalue weighted by atomic mass is 10.1. The minimum Gasteiger partial charge on any atom is -0.474 e. The molecule has 2 aromatic rings. The molecule has 0 aromatic heterocycles. The van der Waals surface area contributed by atoms with E-state index in [9.17, 15) is 27.2 Å². The fraction of sp³-hybridized carbons (Fsp3) is 0.0588. The Balaban J connectivity index is 2.16. The van der Waals surface area contributed by atoms with Crippen LogP contribution in [0.5, 0.6) is 0 Å². The number of alkyl halides is 3. The lowest BCUT2D eigenvalue weighted by Gasteiger charge is -2.06. The first kappa shape index (κ1) is 18.0. The summed E-state index contributed by atoms with van der Waals surface area (Å²) in [4.78, 5) is 21.4. The smallest absolute Gasteiger partial charge is 0.416 e. The largest absolute Gasteiger partial charge is 0.474 e. The number of carbonyl (C=O) groups excluding carboxylic acids is 1. The fourth-order valence-corrected chi connectivity index (χ4v) is 1.75. The summed E-state index contributed by atoms with van der Waals surface area (Å²) >= 11 is 0. The van der Waals surface area contributed by atoms with Crippen LogP contribution in [0.4, 0.5) is 23.2 Å². The van der Waals surface area contributed by atoms with Crippen LogP contribution in [0.2, 0.25) is 0 Å². The first-order valence-electron chi connectivity index (χ1n) is 6.70. The number of hydrogen-bond donors (Lipinski definition) is 2. The third kappa shape index (κ3) is 4.81. The Hall–Kier alpha value is -3.34. The second-order valence-corrected chi connectivity index (χ2v) is 4.78. The molecule has 0 aliphatic rings.